The molecule has 13 heteroatoms. The number of carbonyl (C=O) groups excluding carboxylic acids is 4. The number of amides is 2. The van der Waals surface area contributed by atoms with Crippen molar-refractivity contribution in [1.29, 1.82) is 0 Å². The highest BCUT2D eigenvalue weighted by atomic mass is 19.4. The number of Topliss-reactive ketones (excluding diaryl/α,β-unsaturated/α-hetero) is 1. The summed E-state index contributed by atoms with van der Waals surface area (Å²) in [5.74, 6) is -6.55. The normalized spacial score (nSPS) is 23.2. The van der Waals surface area contributed by atoms with Gasteiger partial charge in [0, 0.05) is 48.0 Å². The van der Waals surface area contributed by atoms with Gasteiger partial charge in [0.25, 0.3) is 0 Å². The van der Waals surface area contributed by atoms with Crippen LogP contribution in [-0.4, -0.2) is 48.9 Å². The molecule has 3 aromatic rings. The van der Waals surface area contributed by atoms with Crippen molar-refractivity contribution in [2.45, 2.75) is 32.0 Å². The maximum atomic E-state index is 14.2. The SMILES string of the molecule is CC1=CC(=O)C2=C(C1=O)[C@@H](c1cc(OC(F)(F)F)ccc1O)C1=CC[C@@H]3C(=O)N(c4ccc(N=Nc5ccc(N(C)C)cc5)cc4)C(=O)[C@@H]3[C@@H]1C2. The van der Waals surface area contributed by atoms with Gasteiger partial charge in [0.1, 0.15) is 11.5 Å². The first-order chi connectivity index (χ1) is 24.2. The molecule has 1 fully saturated rings. The van der Waals surface area contributed by atoms with Crippen LogP contribution in [-0.2, 0) is 19.2 Å². The van der Waals surface area contributed by atoms with Crippen LogP contribution in [0.3, 0.4) is 0 Å². The van der Waals surface area contributed by atoms with Crippen LogP contribution in [0, 0.1) is 17.8 Å². The van der Waals surface area contributed by atoms with Crippen molar-refractivity contribution in [2.24, 2.45) is 28.0 Å². The van der Waals surface area contributed by atoms with Gasteiger partial charge in [-0.2, -0.15) is 10.2 Å². The fourth-order valence-electron chi connectivity index (χ4n) is 7.53. The lowest BCUT2D eigenvalue weighted by Gasteiger charge is -2.42. The van der Waals surface area contributed by atoms with Gasteiger partial charge in [0.05, 0.1) is 28.9 Å². The minimum absolute atomic E-state index is 0.0333. The number of fused-ring (bicyclic) bond motifs is 3. The van der Waals surface area contributed by atoms with E-state index in [1.54, 1.807) is 30.3 Å². The summed E-state index contributed by atoms with van der Waals surface area (Å²) in [6, 6.07) is 16.9. The Labute approximate surface area is 290 Å². The summed E-state index contributed by atoms with van der Waals surface area (Å²) in [5, 5.41) is 19.5. The number of phenols is 1. The van der Waals surface area contributed by atoms with Gasteiger partial charge in [-0.3, -0.25) is 24.1 Å². The Hall–Kier alpha value is -5.85. The lowest BCUT2D eigenvalue weighted by atomic mass is 9.59. The fraction of sp³-hybridized carbons (Fsp3) is 0.263. The summed E-state index contributed by atoms with van der Waals surface area (Å²) in [4.78, 5) is 58.1. The van der Waals surface area contributed by atoms with Crippen LogP contribution >= 0.6 is 0 Å². The lowest BCUT2D eigenvalue weighted by Crippen LogP contribution is -2.39. The van der Waals surface area contributed by atoms with Gasteiger partial charge in [-0.05, 0) is 98.5 Å². The molecule has 0 radical (unpaired) electrons. The van der Waals surface area contributed by atoms with Crippen molar-refractivity contribution in [1.82, 2.24) is 0 Å². The van der Waals surface area contributed by atoms with E-state index in [-0.39, 0.29) is 35.1 Å². The third-order valence-corrected chi connectivity index (χ3v) is 9.86. The van der Waals surface area contributed by atoms with Crippen LogP contribution in [0.15, 0.2) is 111 Å². The number of phenolic OH excluding ortho intramolecular Hbond substituents is 1. The van der Waals surface area contributed by atoms with Gasteiger partial charge in [-0.1, -0.05) is 11.6 Å². The average molecular weight is 697 g/mol. The highest BCUT2D eigenvalue weighted by Gasteiger charge is 2.57. The maximum Gasteiger partial charge on any atom is 0.573 e. The number of rotatable bonds is 6. The van der Waals surface area contributed by atoms with Gasteiger partial charge < -0.3 is 14.7 Å². The molecule has 0 spiro atoms. The smallest absolute Gasteiger partial charge is 0.508 e. The summed E-state index contributed by atoms with van der Waals surface area (Å²) in [6.45, 7) is 1.47. The first-order valence-corrected chi connectivity index (χ1v) is 16.2. The molecule has 2 amide bonds. The largest absolute Gasteiger partial charge is 0.573 e. The van der Waals surface area contributed by atoms with E-state index in [4.69, 9.17) is 0 Å². The number of alkyl halides is 3. The van der Waals surface area contributed by atoms with Crippen molar-refractivity contribution in [3.8, 4) is 11.5 Å². The summed E-state index contributed by atoms with van der Waals surface area (Å²) in [6.07, 6.45) is -2.05. The zero-order valence-corrected chi connectivity index (χ0v) is 27.6. The van der Waals surface area contributed by atoms with Gasteiger partial charge >= 0.3 is 6.36 Å². The number of nitrogens with zero attached hydrogens (tertiary/aromatic N) is 4. The zero-order valence-electron chi connectivity index (χ0n) is 27.6. The van der Waals surface area contributed by atoms with E-state index in [9.17, 15) is 37.5 Å². The van der Waals surface area contributed by atoms with E-state index in [1.807, 2.05) is 43.3 Å². The number of aromatic hydroxyl groups is 1. The number of halogens is 3. The number of benzene rings is 3. The number of ketones is 2. The van der Waals surface area contributed by atoms with E-state index in [2.05, 4.69) is 15.0 Å². The molecule has 1 saturated heterocycles. The van der Waals surface area contributed by atoms with E-state index in [1.165, 1.54) is 13.0 Å². The zero-order chi connectivity index (χ0) is 36.4. The minimum Gasteiger partial charge on any atom is -0.508 e. The van der Waals surface area contributed by atoms with Gasteiger partial charge in [0.15, 0.2) is 11.6 Å². The first-order valence-electron chi connectivity index (χ1n) is 16.2. The topological polar surface area (TPSA) is 129 Å². The number of carbonyl (C=O) groups is 4. The van der Waals surface area contributed by atoms with Crippen molar-refractivity contribution < 1.29 is 42.2 Å². The highest BCUT2D eigenvalue weighted by Crippen LogP contribution is 2.56. The number of anilines is 2. The second kappa shape index (κ2) is 12.5. The average Bonchev–Trinajstić information content (AvgIpc) is 3.35. The standard InChI is InChI=1S/C38H31F3N4O6/c1-19-16-31(47)29-18-27-25(32(34(29)35(19)48)28-17-24(12-15-30(28)46)51-38(39,40)41)13-14-26-33(27)37(50)45(36(26)49)23-10-6-21(7-11-23)43-42-20-4-8-22(9-5-20)44(2)3/h4-13,15-17,26-27,32-33,46H,14,18H2,1-3H3/t26-,27+,32+,33-/m0/s1. The molecular weight excluding hydrogens is 665 g/mol. The van der Waals surface area contributed by atoms with E-state index >= 15 is 0 Å². The number of imide groups is 1. The second-order valence-electron chi connectivity index (χ2n) is 13.1. The molecule has 10 nitrogen and oxygen atoms in total. The molecule has 3 aromatic carbocycles. The summed E-state index contributed by atoms with van der Waals surface area (Å²) >= 11 is 0. The van der Waals surface area contributed by atoms with Crippen molar-refractivity contribution in [3.05, 3.63) is 107 Å². The molecule has 1 aliphatic heterocycles. The molecule has 0 bridgehead atoms. The second-order valence-corrected chi connectivity index (χ2v) is 13.1. The molecule has 51 heavy (non-hydrogen) atoms. The third kappa shape index (κ3) is 6.02. The summed E-state index contributed by atoms with van der Waals surface area (Å²) < 4.78 is 43.7. The Balaban J connectivity index is 1.21. The highest BCUT2D eigenvalue weighted by molar-refractivity contribution is 6.25. The molecule has 3 aliphatic carbocycles. The van der Waals surface area contributed by atoms with Crippen LogP contribution in [0.1, 0.15) is 31.2 Å². The Kier molecular flexibility index (Phi) is 8.23. The monoisotopic (exact) mass is 696 g/mol. The number of allylic oxidation sites excluding steroid dienone is 6. The molecule has 4 aliphatic rings. The Bertz CT molecular complexity index is 2120. The Morgan fingerprint density at radius 2 is 1.53 bits per heavy atom. The summed E-state index contributed by atoms with van der Waals surface area (Å²) in [5.41, 5.74) is 3.13. The van der Waals surface area contributed by atoms with E-state index in [0.717, 1.165) is 28.8 Å². The molecule has 0 unspecified atom stereocenters. The molecular formula is C38H31F3N4O6. The van der Waals surface area contributed by atoms with Crippen molar-refractivity contribution >= 4 is 46.1 Å². The molecule has 7 rings (SSSR count). The van der Waals surface area contributed by atoms with Gasteiger partial charge in [-0.25, -0.2) is 0 Å². The van der Waals surface area contributed by atoms with E-state index < -0.39 is 64.9 Å². The molecule has 1 heterocycles. The molecule has 4 atom stereocenters. The van der Waals surface area contributed by atoms with Crippen molar-refractivity contribution in [3.63, 3.8) is 0 Å². The molecule has 0 aromatic heterocycles. The van der Waals surface area contributed by atoms with Crippen LogP contribution in [0.5, 0.6) is 11.5 Å². The Morgan fingerprint density at radius 1 is 0.882 bits per heavy atom. The van der Waals surface area contributed by atoms with E-state index in [0.29, 0.717) is 22.6 Å². The van der Waals surface area contributed by atoms with Gasteiger partial charge in [0.2, 0.25) is 11.8 Å². The summed E-state index contributed by atoms with van der Waals surface area (Å²) in [7, 11) is 3.86. The maximum absolute atomic E-state index is 14.2. The number of hydrogen-bond donors (Lipinski definition) is 1. The minimum atomic E-state index is -5.03. The van der Waals surface area contributed by atoms with Crippen LogP contribution < -0.4 is 14.5 Å². The molecule has 1 N–H and O–H groups in total. The third-order valence-electron chi connectivity index (χ3n) is 9.86. The molecule has 0 saturated carbocycles. The number of ether oxygens (including phenoxy) is 1. The first kappa shape index (κ1) is 33.6. The Morgan fingerprint density at radius 3 is 2.16 bits per heavy atom. The quantitative estimate of drug-likeness (QED) is 0.123. The predicted molar refractivity (Wildman–Crippen MR) is 180 cm³/mol. The number of azo groups is 1. The predicted octanol–water partition coefficient (Wildman–Crippen LogP) is 7.41. The number of hydrogen-bond acceptors (Lipinski definition) is 9. The van der Waals surface area contributed by atoms with Crippen LogP contribution in [0.2, 0.25) is 0 Å². The lowest BCUT2D eigenvalue weighted by molar-refractivity contribution is -0.274. The fourth-order valence-corrected chi connectivity index (χ4v) is 7.53. The van der Waals surface area contributed by atoms with Crippen LogP contribution in [0.4, 0.5) is 35.9 Å². The molecule has 260 valence electrons. The van der Waals surface area contributed by atoms with Crippen molar-refractivity contribution in [2.75, 3.05) is 23.9 Å². The van der Waals surface area contributed by atoms with Crippen LogP contribution in [0.25, 0.3) is 0 Å². The van der Waals surface area contributed by atoms with Gasteiger partial charge in [-0.15, -0.1) is 13.2 Å².